The van der Waals surface area contributed by atoms with E-state index in [4.69, 9.17) is 9.47 Å². The lowest BCUT2D eigenvalue weighted by Crippen LogP contribution is -2.60. The number of amides is 3. The molecular formula is C26H39N3O5. The van der Waals surface area contributed by atoms with Crippen LogP contribution < -0.4 is 10.1 Å². The maximum Gasteiger partial charge on any atom is 0.257 e. The second kappa shape index (κ2) is 10.3. The summed E-state index contributed by atoms with van der Waals surface area (Å²) in [5.74, 6) is 0.198. The minimum absolute atomic E-state index is 0.00492. The zero-order valence-electron chi connectivity index (χ0n) is 21.3. The number of nitrogens with one attached hydrogen (secondary N) is 1. The van der Waals surface area contributed by atoms with Crippen LogP contribution in [-0.4, -0.2) is 72.1 Å². The van der Waals surface area contributed by atoms with E-state index in [1.807, 2.05) is 39.5 Å². The summed E-state index contributed by atoms with van der Waals surface area (Å²) in [6.45, 7) is 11.2. The van der Waals surface area contributed by atoms with Crippen LogP contribution in [0.15, 0.2) is 24.3 Å². The number of hydrogen-bond acceptors (Lipinski definition) is 5. The molecule has 1 spiro atoms. The Bertz CT molecular complexity index is 902. The van der Waals surface area contributed by atoms with Gasteiger partial charge in [-0.05, 0) is 37.0 Å². The van der Waals surface area contributed by atoms with Gasteiger partial charge in [0.05, 0.1) is 13.7 Å². The molecule has 0 aliphatic carbocycles. The van der Waals surface area contributed by atoms with E-state index in [0.29, 0.717) is 43.7 Å². The Morgan fingerprint density at radius 2 is 1.91 bits per heavy atom. The lowest BCUT2D eigenvalue weighted by molar-refractivity contribution is -0.145. The second-order valence-corrected chi connectivity index (χ2v) is 10.6. The van der Waals surface area contributed by atoms with Crippen molar-refractivity contribution in [2.75, 3.05) is 26.8 Å². The fourth-order valence-corrected chi connectivity index (χ4v) is 4.57. The first kappa shape index (κ1) is 26.0. The van der Waals surface area contributed by atoms with Crippen molar-refractivity contribution in [3.63, 3.8) is 0 Å². The van der Waals surface area contributed by atoms with Gasteiger partial charge in [-0.2, -0.15) is 0 Å². The van der Waals surface area contributed by atoms with Gasteiger partial charge >= 0.3 is 0 Å². The molecular weight excluding hydrogens is 434 g/mol. The van der Waals surface area contributed by atoms with Gasteiger partial charge in [-0.3, -0.25) is 19.3 Å². The van der Waals surface area contributed by atoms with Crippen LogP contribution >= 0.6 is 0 Å². The van der Waals surface area contributed by atoms with Crippen LogP contribution in [0.5, 0.6) is 5.75 Å². The van der Waals surface area contributed by atoms with Crippen molar-refractivity contribution in [1.29, 1.82) is 0 Å². The number of methoxy groups -OCH3 is 1. The molecule has 2 unspecified atom stereocenters. The first-order valence-corrected chi connectivity index (χ1v) is 12.2. The topological polar surface area (TPSA) is 88.2 Å². The molecule has 2 aliphatic rings. The van der Waals surface area contributed by atoms with E-state index >= 15 is 0 Å². The highest BCUT2D eigenvalue weighted by molar-refractivity contribution is 5.98. The van der Waals surface area contributed by atoms with Gasteiger partial charge < -0.3 is 19.7 Å². The Kier molecular flexibility index (Phi) is 7.91. The molecule has 2 saturated heterocycles. The number of hydrogen-bond donors (Lipinski definition) is 1. The molecule has 1 aromatic carbocycles. The Balaban J connectivity index is 1.86. The highest BCUT2D eigenvalue weighted by Crippen LogP contribution is 2.39. The van der Waals surface area contributed by atoms with E-state index in [0.717, 1.165) is 6.42 Å². The van der Waals surface area contributed by atoms with Crippen LogP contribution in [-0.2, 0) is 14.3 Å². The molecule has 0 saturated carbocycles. The van der Waals surface area contributed by atoms with Crippen molar-refractivity contribution in [3.8, 4) is 5.75 Å². The van der Waals surface area contributed by atoms with Gasteiger partial charge in [-0.15, -0.1) is 0 Å². The molecule has 3 rings (SSSR count). The molecule has 8 nitrogen and oxygen atoms in total. The summed E-state index contributed by atoms with van der Waals surface area (Å²) < 4.78 is 11.5. The summed E-state index contributed by atoms with van der Waals surface area (Å²) in [4.78, 5) is 43.2. The first-order valence-electron chi connectivity index (χ1n) is 12.2. The average Bonchev–Trinajstić information content (AvgIpc) is 3.16. The normalized spacial score (nSPS) is 20.8. The zero-order chi connectivity index (χ0) is 25.1. The number of piperidine rings is 1. The number of nitrogens with zero attached hydrogens (tertiary/aromatic N) is 2. The molecule has 188 valence electrons. The van der Waals surface area contributed by atoms with Crippen molar-refractivity contribution in [3.05, 3.63) is 29.8 Å². The smallest absolute Gasteiger partial charge is 0.257 e. The molecule has 8 heteroatoms. The second-order valence-electron chi connectivity index (χ2n) is 10.6. The van der Waals surface area contributed by atoms with Gasteiger partial charge in [0.2, 0.25) is 11.8 Å². The predicted molar refractivity (Wildman–Crippen MR) is 129 cm³/mol. The minimum atomic E-state index is -0.921. The van der Waals surface area contributed by atoms with E-state index in [1.165, 1.54) is 0 Å². The van der Waals surface area contributed by atoms with Crippen LogP contribution in [0.1, 0.15) is 70.7 Å². The Morgan fingerprint density at radius 3 is 2.50 bits per heavy atom. The first-order chi connectivity index (χ1) is 16.0. The zero-order valence-corrected chi connectivity index (χ0v) is 21.3. The number of likely N-dealkylation sites (tertiary alicyclic amines) is 1. The third-order valence-electron chi connectivity index (χ3n) is 6.68. The van der Waals surface area contributed by atoms with Gasteiger partial charge in [-0.25, -0.2) is 0 Å². The summed E-state index contributed by atoms with van der Waals surface area (Å²) >= 11 is 0. The summed E-state index contributed by atoms with van der Waals surface area (Å²) in [7, 11) is 1.55. The predicted octanol–water partition coefficient (Wildman–Crippen LogP) is 3.21. The average molecular weight is 474 g/mol. The minimum Gasteiger partial charge on any atom is -0.497 e. The van der Waals surface area contributed by atoms with Crippen LogP contribution in [0.2, 0.25) is 0 Å². The largest absolute Gasteiger partial charge is 0.497 e. The van der Waals surface area contributed by atoms with Gasteiger partial charge in [-0.1, -0.05) is 33.8 Å². The van der Waals surface area contributed by atoms with Crippen molar-refractivity contribution in [1.82, 2.24) is 15.1 Å². The Hall–Kier alpha value is -2.61. The molecule has 2 aliphatic heterocycles. The quantitative estimate of drug-likeness (QED) is 0.686. The summed E-state index contributed by atoms with van der Waals surface area (Å²) in [5, 5.41) is 3.00. The van der Waals surface area contributed by atoms with Crippen LogP contribution in [0.3, 0.4) is 0 Å². The molecule has 0 bridgehead atoms. The molecule has 3 amide bonds. The van der Waals surface area contributed by atoms with Gasteiger partial charge in [0.15, 0.2) is 0 Å². The lowest BCUT2D eigenvalue weighted by Gasteiger charge is -2.45. The van der Waals surface area contributed by atoms with E-state index in [1.54, 1.807) is 36.3 Å². The number of carbonyl (C=O) groups is 3. The maximum atomic E-state index is 13.8. The van der Waals surface area contributed by atoms with E-state index in [2.05, 4.69) is 5.32 Å². The highest BCUT2D eigenvalue weighted by atomic mass is 16.5. The molecule has 34 heavy (non-hydrogen) atoms. The summed E-state index contributed by atoms with van der Waals surface area (Å²) in [5.41, 5.74) is -0.573. The lowest BCUT2D eigenvalue weighted by atomic mass is 9.90. The molecule has 1 N–H and O–H groups in total. The Morgan fingerprint density at radius 1 is 1.24 bits per heavy atom. The molecule has 0 aromatic heterocycles. The van der Waals surface area contributed by atoms with Gasteiger partial charge in [0.25, 0.3) is 5.91 Å². The van der Waals surface area contributed by atoms with Crippen LogP contribution in [0.4, 0.5) is 0 Å². The van der Waals surface area contributed by atoms with Crippen molar-refractivity contribution in [2.45, 2.75) is 78.1 Å². The van der Waals surface area contributed by atoms with Gasteiger partial charge in [0, 0.05) is 44.0 Å². The number of benzene rings is 1. The third kappa shape index (κ3) is 5.71. The standard InChI is InChI=1S/C26H39N3O5/c1-7-18(2)27-23(31)21-17-34-26(11-13-28(14-12-26)22(30)16-25(3,4)5)29(21)24(32)19-9-8-10-20(15-19)33-6/h8-10,15,18,21H,7,11-14,16-17H2,1-6H3,(H,27,31). The molecule has 2 fully saturated rings. The SMILES string of the molecule is CCC(C)NC(=O)C1COC2(CCN(C(=O)CC(C)(C)C)CC2)N1C(=O)c1cccc(OC)c1. The number of rotatable bonds is 6. The fraction of sp³-hybridized carbons (Fsp3) is 0.654. The monoisotopic (exact) mass is 473 g/mol. The van der Waals surface area contributed by atoms with Crippen molar-refractivity contribution >= 4 is 17.7 Å². The maximum absolute atomic E-state index is 13.8. The third-order valence-corrected chi connectivity index (χ3v) is 6.68. The molecule has 2 heterocycles. The fourth-order valence-electron chi connectivity index (χ4n) is 4.57. The molecule has 0 radical (unpaired) electrons. The van der Waals surface area contributed by atoms with Crippen LogP contribution in [0, 0.1) is 5.41 Å². The van der Waals surface area contributed by atoms with Crippen molar-refractivity contribution < 1.29 is 23.9 Å². The van der Waals surface area contributed by atoms with Gasteiger partial charge in [0.1, 0.15) is 17.5 Å². The molecule has 1 aromatic rings. The van der Waals surface area contributed by atoms with Crippen LogP contribution in [0.25, 0.3) is 0 Å². The highest BCUT2D eigenvalue weighted by Gasteiger charge is 2.54. The number of ether oxygens (including phenoxy) is 2. The summed E-state index contributed by atoms with van der Waals surface area (Å²) in [6.07, 6.45) is 2.18. The Labute approximate surface area is 202 Å². The van der Waals surface area contributed by atoms with Crippen molar-refractivity contribution in [2.24, 2.45) is 5.41 Å². The number of carbonyl (C=O) groups excluding carboxylic acids is 3. The van der Waals surface area contributed by atoms with E-state index in [-0.39, 0.29) is 35.8 Å². The summed E-state index contributed by atoms with van der Waals surface area (Å²) in [6, 6.07) is 6.21. The van der Waals surface area contributed by atoms with E-state index < -0.39 is 11.8 Å². The molecule has 2 atom stereocenters. The van der Waals surface area contributed by atoms with E-state index in [9.17, 15) is 14.4 Å².